The highest BCUT2D eigenvalue weighted by Gasteiger charge is 2.78. The lowest BCUT2D eigenvalue weighted by Gasteiger charge is -2.30. The molecule has 1 saturated carbocycles. The van der Waals surface area contributed by atoms with E-state index in [1.165, 1.54) is 10.9 Å². The number of nitrogen functional groups attached to an aromatic ring is 1. The molecule has 19 nitrogen and oxygen atoms in total. The Bertz CT molecular complexity index is 1880. The molecule has 3 aliphatic rings. The smallest absolute Gasteiger partial charge is 0.325 e. The molecule has 42 heavy (non-hydrogen) atoms. The average molecular weight is 629 g/mol. The molecule has 22 heteroatoms. The molecule has 0 radical (unpaired) electrons. The molecule has 2 unspecified atom stereocenters. The molecule has 8 N–H and O–H groups in total. The monoisotopic (exact) mass is 629 g/mol. The fourth-order valence-electron chi connectivity index (χ4n) is 5.24. The summed E-state index contributed by atoms with van der Waals surface area (Å²) in [7, 11) is 0. The number of imidazole rings is 2. The standard InChI is InChI=1S/C20H21FN9O10PS/c21-6-9(31)5(38-17(6)29-3-25-7-13(29)23-2-24-15(7)33)1-37-41(36,42)40-12-18(39-11-10(32)20(11,12)35)30-4-26-8-14(30)27-19(22)28-16(8)34/h2-6,9-12,17-18,31-32,35H,1H2,(H,36,42)(H,23,24,33)(H3,22,27,28,34)/t5-,6-,9-,10?,11-,12+,17-,18-,20-,41?/m1/s1. The first kappa shape index (κ1) is 27.6. The van der Waals surface area contributed by atoms with Crippen LogP contribution in [0.25, 0.3) is 22.3 Å². The maximum atomic E-state index is 15.1. The molecule has 0 aromatic carbocycles. The van der Waals surface area contributed by atoms with Gasteiger partial charge in [0, 0.05) is 0 Å². The Hall–Kier alpha value is -3.24. The fourth-order valence-corrected chi connectivity index (χ4v) is 6.66. The highest BCUT2D eigenvalue weighted by molar-refractivity contribution is 8.07. The zero-order chi connectivity index (χ0) is 29.7. The second-order valence-corrected chi connectivity index (χ2v) is 12.7. The molecular weight excluding hydrogens is 608 g/mol. The quantitative estimate of drug-likeness (QED) is 0.101. The number of fused-ring (bicyclic) bond motifs is 3. The molecule has 4 aromatic rings. The SMILES string of the molecule is Nc1nc2c(ncn2[C@@H]2O[C@@H]3C(O)[C@]3(O)[C@H]2OP(O)(=S)OC[C@H]2O[C@@H](n3cnc4c(=O)[nH]cnc43)[C@H](F)[C@@H]2O)c(=O)[nH]1. The van der Waals surface area contributed by atoms with Crippen molar-refractivity contribution in [2.45, 2.75) is 54.7 Å². The summed E-state index contributed by atoms with van der Waals surface area (Å²) in [6.45, 7) is -4.98. The number of nitrogens with one attached hydrogen (secondary N) is 2. The maximum Gasteiger partial charge on any atom is 0.325 e. The Morgan fingerprint density at radius 2 is 1.81 bits per heavy atom. The van der Waals surface area contributed by atoms with Gasteiger partial charge in [0.05, 0.1) is 25.6 Å². The van der Waals surface area contributed by atoms with Crippen LogP contribution in [-0.2, 0) is 30.3 Å². The van der Waals surface area contributed by atoms with Gasteiger partial charge in [0.15, 0.2) is 46.6 Å². The van der Waals surface area contributed by atoms with E-state index < -0.39 is 79.2 Å². The van der Waals surface area contributed by atoms with E-state index in [1.807, 2.05) is 0 Å². The maximum absolute atomic E-state index is 15.1. The first-order valence-corrected chi connectivity index (χ1v) is 14.8. The third kappa shape index (κ3) is 4.05. The van der Waals surface area contributed by atoms with E-state index in [2.05, 4.69) is 29.9 Å². The topological polar surface area (TPSA) is 271 Å². The van der Waals surface area contributed by atoms with Crippen molar-refractivity contribution in [3.8, 4) is 0 Å². The summed E-state index contributed by atoms with van der Waals surface area (Å²) in [4.78, 5) is 55.5. The minimum atomic E-state index is -4.32. The molecule has 7 rings (SSSR count). The number of alkyl halides is 1. The predicted molar refractivity (Wildman–Crippen MR) is 138 cm³/mol. The van der Waals surface area contributed by atoms with Crippen molar-refractivity contribution >= 4 is 46.8 Å². The van der Waals surface area contributed by atoms with Crippen molar-refractivity contribution in [2.24, 2.45) is 0 Å². The summed E-state index contributed by atoms with van der Waals surface area (Å²) < 4.78 is 39.7. The Morgan fingerprint density at radius 3 is 2.55 bits per heavy atom. The third-order valence-corrected chi connectivity index (χ3v) is 8.96. The van der Waals surface area contributed by atoms with Gasteiger partial charge < -0.3 is 44.9 Å². The van der Waals surface area contributed by atoms with Crippen molar-refractivity contribution in [1.82, 2.24) is 39.0 Å². The Kier molecular flexibility index (Phi) is 6.16. The molecule has 0 bridgehead atoms. The number of aromatic nitrogens is 8. The summed E-state index contributed by atoms with van der Waals surface area (Å²) in [6.07, 6.45) is -8.55. The number of hydrogen-bond donors (Lipinski definition) is 7. The van der Waals surface area contributed by atoms with Gasteiger partial charge in [-0.25, -0.2) is 19.3 Å². The Morgan fingerprint density at radius 1 is 1.12 bits per heavy atom. The van der Waals surface area contributed by atoms with E-state index >= 15 is 4.39 Å². The average Bonchev–Trinajstić information content (AvgIpc) is 3.47. The molecule has 224 valence electrons. The summed E-state index contributed by atoms with van der Waals surface area (Å²) in [5.41, 5.74) is 2.23. The number of aromatic amines is 2. The van der Waals surface area contributed by atoms with Gasteiger partial charge in [-0.15, -0.1) is 0 Å². The molecule has 1 aliphatic carbocycles. The number of anilines is 1. The van der Waals surface area contributed by atoms with Crippen LogP contribution in [0.5, 0.6) is 0 Å². The largest absolute Gasteiger partial charge is 0.387 e. The van der Waals surface area contributed by atoms with Gasteiger partial charge in [-0.2, -0.15) is 4.98 Å². The number of nitrogens with two attached hydrogens (primary N) is 1. The van der Waals surface area contributed by atoms with Crippen LogP contribution >= 0.6 is 6.72 Å². The summed E-state index contributed by atoms with van der Waals surface area (Å²) >= 11 is 5.11. The molecule has 0 spiro atoms. The van der Waals surface area contributed by atoms with E-state index in [0.717, 1.165) is 17.2 Å². The minimum Gasteiger partial charge on any atom is -0.387 e. The van der Waals surface area contributed by atoms with Crippen LogP contribution in [0.15, 0.2) is 28.6 Å². The van der Waals surface area contributed by atoms with Crippen molar-refractivity contribution in [3.05, 3.63) is 39.7 Å². The lowest BCUT2D eigenvalue weighted by atomic mass is 10.1. The second kappa shape index (κ2) is 9.38. The van der Waals surface area contributed by atoms with Crippen LogP contribution in [0.1, 0.15) is 12.5 Å². The molecule has 0 amide bonds. The summed E-state index contributed by atoms with van der Waals surface area (Å²) in [5, 5.41) is 31.7. The van der Waals surface area contributed by atoms with Crippen molar-refractivity contribution < 1.29 is 43.1 Å². The first-order chi connectivity index (χ1) is 19.9. The van der Waals surface area contributed by atoms with Crippen molar-refractivity contribution in [2.75, 3.05) is 12.3 Å². The number of halogens is 1. The van der Waals surface area contributed by atoms with Gasteiger partial charge in [-0.05, 0) is 11.8 Å². The summed E-state index contributed by atoms with van der Waals surface area (Å²) in [5.74, 6) is -0.227. The van der Waals surface area contributed by atoms with Gasteiger partial charge in [0.25, 0.3) is 11.1 Å². The van der Waals surface area contributed by atoms with Crippen LogP contribution in [0.4, 0.5) is 10.3 Å². The molecule has 2 aliphatic heterocycles. The number of aliphatic hydroxyl groups excluding tert-OH is 2. The molecular formula is C20H21FN9O10PS. The fraction of sp³-hybridized carbons (Fsp3) is 0.500. The van der Waals surface area contributed by atoms with Gasteiger partial charge in [0.2, 0.25) is 5.95 Å². The van der Waals surface area contributed by atoms with Crippen molar-refractivity contribution in [3.63, 3.8) is 0 Å². The third-order valence-electron chi connectivity index (χ3n) is 7.41. The minimum absolute atomic E-state index is 0.0131. The highest BCUT2D eigenvalue weighted by Crippen LogP contribution is 2.60. The van der Waals surface area contributed by atoms with Crippen LogP contribution in [-0.4, -0.2) is 108 Å². The second-order valence-electron chi connectivity index (χ2n) is 9.90. The van der Waals surface area contributed by atoms with Crippen LogP contribution in [0, 0.1) is 0 Å². The van der Waals surface area contributed by atoms with Gasteiger partial charge in [-0.1, -0.05) is 0 Å². The molecule has 2 saturated heterocycles. The van der Waals surface area contributed by atoms with Gasteiger partial charge in [0.1, 0.15) is 30.5 Å². The van der Waals surface area contributed by atoms with E-state index in [0.29, 0.717) is 0 Å². The number of H-pyrrole nitrogens is 2. The number of hydrogen-bond acceptors (Lipinski definition) is 15. The normalized spacial score (nSPS) is 35.5. The van der Waals surface area contributed by atoms with Crippen LogP contribution in [0.3, 0.4) is 0 Å². The molecule has 3 fully saturated rings. The number of rotatable bonds is 7. The highest BCUT2D eigenvalue weighted by atomic mass is 32.5. The van der Waals surface area contributed by atoms with Gasteiger partial charge >= 0.3 is 6.72 Å². The molecule has 6 heterocycles. The predicted octanol–water partition coefficient (Wildman–Crippen LogP) is -2.95. The molecule has 4 aromatic heterocycles. The number of nitrogens with zero attached hydrogens (tertiary/aromatic N) is 6. The van der Waals surface area contributed by atoms with E-state index in [-0.39, 0.29) is 28.3 Å². The van der Waals surface area contributed by atoms with Crippen molar-refractivity contribution in [1.29, 1.82) is 0 Å². The lowest BCUT2D eigenvalue weighted by molar-refractivity contribution is -0.0914. The lowest BCUT2D eigenvalue weighted by Crippen LogP contribution is -2.39. The van der Waals surface area contributed by atoms with E-state index in [4.69, 9.17) is 36.1 Å². The zero-order valence-corrected chi connectivity index (χ0v) is 22.5. The van der Waals surface area contributed by atoms with Crippen LogP contribution < -0.4 is 16.9 Å². The Labute approximate surface area is 235 Å². The Balaban J connectivity index is 1.10. The van der Waals surface area contributed by atoms with E-state index in [1.54, 1.807) is 0 Å². The van der Waals surface area contributed by atoms with Crippen LogP contribution in [0.2, 0.25) is 0 Å². The number of ether oxygens (including phenoxy) is 2. The zero-order valence-electron chi connectivity index (χ0n) is 20.8. The van der Waals surface area contributed by atoms with Gasteiger partial charge in [-0.3, -0.25) is 28.2 Å². The number of aliphatic hydroxyl groups is 3. The molecule has 10 atom stereocenters. The van der Waals surface area contributed by atoms with E-state index in [9.17, 15) is 29.8 Å². The first-order valence-electron chi connectivity index (χ1n) is 12.2. The summed E-state index contributed by atoms with van der Waals surface area (Å²) in [6, 6.07) is 0.